The van der Waals surface area contributed by atoms with Crippen molar-refractivity contribution in [2.24, 2.45) is 0 Å². The zero-order chi connectivity index (χ0) is 14.5. The molecule has 1 aromatic carbocycles. The molecule has 7 nitrogen and oxygen atoms in total. The van der Waals surface area contributed by atoms with E-state index in [2.05, 4.69) is 15.5 Å². The fraction of sp³-hybridized carbons (Fsp3) is 0.385. The number of carboxylic acids is 1. The standard InChI is InChI=1S/C13H16N4O3/c1-9-4-3-5-11(8-9)20-7-6-12-14-15-16-17(12)10(2)13(18)19/h3-5,8,10H,6-7H2,1-2H3,(H,18,19). The van der Waals surface area contributed by atoms with E-state index >= 15 is 0 Å². The summed E-state index contributed by atoms with van der Waals surface area (Å²) < 4.78 is 6.89. The Balaban J connectivity index is 1.95. The second kappa shape index (κ2) is 6.14. The first-order valence-electron chi connectivity index (χ1n) is 6.27. The topological polar surface area (TPSA) is 90.1 Å². The molecule has 0 aliphatic heterocycles. The van der Waals surface area contributed by atoms with Crippen molar-refractivity contribution < 1.29 is 14.6 Å². The summed E-state index contributed by atoms with van der Waals surface area (Å²) in [7, 11) is 0. The van der Waals surface area contributed by atoms with Crippen LogP contribution >= 0.6 is 0 Å². The Labute approximate surface area is 116 Å². The number of ether oxygens (including phenoxy) is 1. The predicted octanol–water partition coefficient (Wildman–Crippen LogP) is 1.25. The second-order valence-electron chi connectivity index (χ2n) is 4.47. The highest BCUT2D eigenvalue weighted by molar-refractivity contribution is 5.71. The van der Waals surface area contributed by atoms with Crippen molar-refractivity contribution in [2.45, 2.75) is 26.3 Å². The molecular formula is C13H16N4O3. The number of aliphatic carboxylic acids is 1. The quantitative estimate of drug-likeness (QED) is 0.854. The van der Waals surface area contributed by atoms with Gasteiger partial charge in [0.1, 0.15) is 11.8 Å². The molecule has 0 saturated heterocycles. The summed E-state index contributed by atoms with van der Waals surface area (Å²) in [4.78, 5) is 10.9. The molecule has 0 radical (unpaired) electrons. The summed E-state index contributed by atoms with van der Waals surface area (Å²) in [6.45, 7) is 3.90. The van der Waals surface area contributed by atoms with Gasteiger partial charge in [0.15, 0.2) is 5.82 Å². The second-order valence-corrected chi connectivity index (χ2v) is 4.47. The number of nitrogens with zero attached hydrogens (tertiary/aromatic N) is 4. The average molecular weight is 276 g/mol. The van der Waals surface area contributed by atoms with Gasteiger partial charge < -0.3 is 9.84 Å². The van der Waals surface area contributed by atoms with Crippen LogP contribution in [0.15, 0.2) is 24.3 Å². The Morgan fingerprint density at radius 1 is 1.50 bits per heavy atom. The molecule has 0 bridgehead atoms. The summed E-state index contributed by atoms with van der Waals surface area (Å²) in [6.07, 6.45) is 0.443. The smallest absolute Gasteiger partial charge is 0.328 e. The molecule has 2 rings (SSSR count). The monoisotopic (exact) mass is 276 g/mol. The van der Waals surface area contributed by atoms with Gasteiger partial charge in [-0.05, 0) is 42.0 Å². The minimum atomic E-state index is -0.974. The van der Waals surface area contributed by atoms with E-state index in [0.29, 0.717) is 18.9 Å². The lowest BCUT2D eigenvalue weighted by molar-refractivity contribution is -0.140. The van der Waals surface area contributed by atoms with E-state index in [9.17, 15) is 4.79 Å². The summed E-state index contributed by atoms with van der Waals surface area (Å²) in [6, 6.07) is 6.92. The van der Waals surface area contributed by atoms with Crippen LogP contribution < -0.4 is 4.74 Å². The molecule has 106 valence electrons. The molecular weight excluding hydrogens is 260 g/mol. The third kappa shape index (κ3) is 3.31. The Kier molecular flexibility index (Phi) is 4.29. The Morgan fingerprint density at radius 2 is 2.30 bits per heavy atom. The van der Waals surface area contributed by atoms with Crippen LogP contribution in [0.2, 0.25) is 0 Å². The van der Waals surface area contributed by atoms with Gasteiger partial charge in [0.25, 0.3) is 0 Å². The van der Waals surface area contributed by atoms with Crippen molar-refractivity contribution in [2.75, 3.05) is 6.61 Å². The minimum absolute atomic E-state index is 0.385. The summed E-state index contributed by atoms with van der Waals surface area (Å²) in [5.74, 6) is 0.293. The number of aryl methyl sites for hydroxylation is 1. The molecule has 1 N–H and O–H groups in total. The largest absolute Gasteiger partial charge is 0.493 e. The van der Waals surface area contributed by atoms with Gasteiger partial charge >= 0.3 is 5.97 Å². The van der Waals surface area contributed by atoms with Crippen molar-refractivity contribution >= 4 is 5.97 Å². The van der Waals surface area contributed by atoms with E-state index in [1.807, 2.05) is 31.2 Å². The first-order chi connectivity index (χ1) is 9.58. The fourth-order valence-electron chi connectivity index (χ4n) is 1.75. The number of hydrogen-bond acceptors (Lipinski definition) is 5. The van der Waals surface area contributed by atoms with Crippen molar-refractivity contribution in [1.82, 2.24) is 20.2 Å². The van der Waals surface area contributed by atoms with E-state index in [1.54, 1.807) is 0 Å². The van der Waals surface area contributed by atoms with Crippen LogP contribution in [0.1, 0.15) is 24.4 Å². The number of hydrogen-bond donors (Lipinski definition) is 1. The van der Waals surface area contributed by atoms with Crippen molar-refractivity contribution in [3.63, 3.8) is 0 Å². The zero-order valence-corrected chi connectivity index (χ0v) is 11.4. The summed E-state index contributed by atoms with van der Waals surface area (Å²) in [5.41, 5.74) is 1.12. The van der Waals surface area contributed by atoms with Crippen molar-refractivity contribution in [1.29, 1.82) is 0 Å². The van der Waals surface area contributed by atoms with Gasteiger partial charge in [0.05, 0.1) is 6.61 Å². The van der Waals surface area contributed by atoms with Crippen LogP contribution in [0.4, 0.5) is 0 Å². The highest BCUT2D eigenvalue weighted by Gasteiger charge is 2.18. The maximum absolute atomic E-state index is 10.9. The Hall–Kier alpha value is -2.44. The number of benzene rings is 1. The normalized spacial score (nSPS) is 12.1. The molecule has 0 aliphatic carbocycles. The van der Waals surface area contributed by atoms with Gasteiger partial charge in [0, 0.05) is 6.42 Å². The lowest BCUT2D eigenvalue weighted by Gasteiger charge is -2.09. The first-order valence-corrected chi connectivity index (χ1v) is 6.27. The molecule has 20 heavy (non-hydrogen) atoms. The maximum atomic E-state index is 10.9. The third-order valence-corrected chi connectivity index (χ3v) is 2.87. The maximum Gasteiger partial charge on any atom is 0.328 e. The van der Waals surface area contributed by atoms with Crippen LogP contribution in [0.3, 0.4) is 0 Å². The van der Waals surface area contributed by atoms with Crippen LogP contribution in [-0.4, -0.2) is 37.9 Å². The molecule has 1 unspecified atom stereocenters. The van der Waals surface area contributed by atoms with E-state index < -0.39 is 12.0 Å². The van der Waals surface area contributed by atoms with Gasteiger partial charge in [-0.25, -0.2) is 9.48 Å². The van der Waals surface area contributed by atoms with E-state index in [-0.39, 0.29) is 0 Å². The number of aromatic nitrogens is 4. The molecule has 0 fully saturated rings. The Bertz CT molecular complexity index is 597. The van der Waals surface area contributed by atoms with Gasteiger partial charge in [-0.15, -0.1) is 5.10 Å². The lowest BCUT2D eigenvalue weighted by atomic mass is 10.2. The molecule has 1 heterocycles. The van der Waals surface area contributed by atoms with Crippen LogP contribution in [0.25, 0.3) is 0 Å². The molecule has 2 aromatic rings. The minimum Gasteiger partial charge on any atom is -0.493 e. The summed E-state index contributed by atoms with van der Waals surface area (Å²) >= 11 is 0. The average Bonchev–Trinajstić information content (AvgIpc) is 2.86. The van der Waals surface area contributed by atoms with Gasteiger partial charge in [0.2, 0.25) is 0 Å². The summed E-state index contributed by atoms with van der Waals surface area (Å²) in [5, 5.41) is 20.0. The Morgan fingerprint density at radius 3 is 3.00 bits per heavy atom. The predicted molar refractivity (Wildman–Crippen MR) is 70.5 cm³/mol. The number of rotatable bonds is 6. The van der Waals surface area contributed by atoms with E-state index in [1.165, 1.54) is 11.6 Å². The molecule has 0 saturated carbocycles. The van der Waals surface area contributed by atoms with Crippen molar-refractivity contribution in [3.8, 4) is 5.75 Å². The zero-order valence-electron chi connectivity index (χ0n) is 11.4. The molecule has 1 aromatic heterocycles. The third-order valence-electron chi connectivity index (χ3n) is 2.87. The number of carboxylic acid groups (broad SMARTS) is 1. The van der Waals surface area contributed by atoms with Crippen molar-refractivity contribution in [3.05, 3.63) is 35.7 Å². The number of tetrazole rings is 1. The molecule has 7 heteroatoms. The van der Waals surface area contributed by atoms with Crippen LogP contribution in [0.5, 0.6) is 5.75 Å². The van der Waals surface area contributed by atoms with E-state index in [4.69, 9.17) is 9.84 Å². The number of carbonyl (C=O) groups is 1. The molecule has 0 spiro atoms. The molecule has 0 amide bonds. The van der Waals surface area contributed by atoms with E-state index in [0.717, 1.165) is 11.3 Å². The highest BCUT2D eigenvalue weighted by atomic mass is 16.5. The van der Waals surface area contributed by atoms with Crippen LogP contribution in [0, 0.1) is 6.92 Å². The molecule has 1 atom stereocenters. The van der Waals surface area contributed by atoms with Gasteiger partial charge in [-0.3, -0.25) is 0 Å². The van der Waals surface area contributed by atoms with Crippen LogP contribution in [-0.2, 0) is 11.2 Å². The first kappa shape index (κ1) is 14.0. The van der Waals surface area contributed by atoms with Gasteiger partial charge in [-0.2, -0.15) is 0 Å². The fourth-order valence-corrected chi connectivity index (χ4v) is 1.75. The lowest BCUT2D eigenvalue weighted by Crippen LogP contribution is -2.20. The SMILES string of the molecule is Cc1cccc(OCCc2nnnn2C(C)C(=O)O)c1. The molecule has 0 aliphatic rings. The van der Waals surface area contributed by atoms with Gasteiger partial charge in [-0.1, -0.05) is 12.1 Å². The highest BCUT2D eigenvalue weighted by Crippen LogP contribution is 2.13.